The Hall–Kier alpha value is -3.45. The average Bonchev–Trinajstić information content (AvgIpc) is 3.14. The minimum absolute atomic E-state index is 0.159. The Balaban J connectivity index is 0.00000148. The summed E-state index contributed by atoms with van der Waals surface area (Å²) in [7, 11) is 1.65. The molecule has 1 saturated carbocycles. The van der Waals surface area contributed by atoms with Gasteiger partial charge in [-0.3, -0.25) is 4.79 Å². The summed E-state index contributed by atoms with van der Waals surface area (Å²) in [4.78, 5) is 24.7. The molecule has 36 heavy (non-hydrogen) atoms. The van der Waals surface area contributed by atoms with Crippen molar-refractivity contribution in [2.45, 2.75) is 45.1 Å². The first-order valence-corrected chi connectivity index (χ1v) is 13.0. The molecular weight excluding hydrogens is 516 g/mol. The van der Waals surface area contributed by atoms with Crippen LogP contribution in [0.3, 0.4) is 0 Å². The fraction of sp³-hybridized carbons (Fsp3) is 0.276. The molecule has 1 fully saturated rings. The van der Waals surface area contributed by atoms with Gasteiger partial charge in [0.1, 0.15) is 5.75 Å². The van der Waals surface area contributed by atoms with Crippen LogP contribution in [0.1, 0.15) is 49.8 Å². The zero-order valence-electron chi connectivity index (χ0n) is 20.9. The van der Waals surface area contributed by atoms with Crippen LogP contribution in [0.15, 0.2) is 81.2 Å². The largest absolute Gasteiger partial charge is 0.497 e. The number of nitrogens with two attached hydrogens (primary N) is 1. The standard InChI is InChI=1S/C27H25BrN4O2.C2H6/c1-34-21-10-8-18(9-11-21)16-32-24-22(27(26(32)33)12-5-13-27)14-19(15-23(24)28)25(30-17-29)31-20-6-3-2-4-7-20;1-2/h2-4,6-11,14-15,17H,5,12-13,16H2,1H3,(H2,29,30,31);1-2H3. The number of anilines is 1. The predicted molar refractivity (Wildman–Crippen MR) is 151 cm³/mol. The van der Waals surface area contributed by atoms with Crippen molar-refractivity contribution in [3.05, 3.63) is 87.9 Å². The van der Waals surface area contributed by atoms with E-state index in [1.807, 2.05) is 79.4 Å². The molecule has 7 heteroatoms. The van der Waals surface area contributed by atoms with E-state index in [-0.39, 0.29) is 5.91 Å². The number of carbonyl (C=O) groups excluding carboxylic acids is 1. The molecule has 186 valence electrons. The van der Waals surface area contributed by atoms with E-state index in [0.717, 1.165) is 57.5 Å². The van der Waals surface area contributed by atoms with E-state index in [0.29, 0.717) is 12.4 Å². The first kappa shape index (κ1) is 25.6. The molecule has 6 nitrogen and oxygen atoms in total. The maximum absolute atomic E-state index is 13.7. The summed E-state index contributed by atoms with van der Waals surface area (Å²) >= 11 is 3.76. The lowest BCUT2D eigenvalue weighted by molar-refractivity contribution is -0.126. The molecule has 0 saturated heterocycles. The number of hydrogen-bond acceptors (Lipinski definition) is 3. The van der Waals surface area contributed by atoms with Crippen molar-refractivity contribution in [2.24, 2.45) is 15.7 Å². The number of halogens is 1. The highest BCUT2D eigenvalue weighted by Gasteiger charge is 2.55. The molecule has 0 atom stereocenters. The van der Waals surface area contributed by atoms with Gasteiger partial charge in [0.25, 0.3) is 0 Å². The van der Waals surface area contributed by atoms with Crippen molar-refractivity contribution in [1.29, 1.82) is 0 Å². The maximum Gasteiger partial charge on any atom is 0.238 e. The van der Waals surface area contributed by atoms with Crippen molar-refractivity contribution in [1.82, 2.24) is 0 Å². The van der Waals surface area contributed by atoms with Gasteiger partial charge in [-0.15, -0.1) is 0 Å². The van der Waals surface area contributed by atoms with E-state index in [2.05, 4.69) is 27.0 Å². The number of methoxy groups -OCH3 is 1. The highest BCUT2D eigenvalue weighted by atomic mass is 79.9. The smallest absolute Gasteiger partial charge is 0.238 e. The van der Waals surface area contributed by atoms with E-state index >= 15 is 0 Å². The van der Waals surface area contributed by atoms with Crippen LogP contribution in [0.4, 0.5) is 11.4 Å². The van der Waals surface area contributed by atoms with Crippen LogP contribution in [-0.2, 0) is 16.8 Å². The zero-order chi connectivity index (χ0) is 25.7. The summed E-state index contributed by atoms with van der Waals surface area (Å²) in [5.74, 6) is 1.46. The lowest BCUT2D eigenvalue weighted by Crippen LogP contribution is -2.44. The Bertz CT molecular complexity index is 1280. The Morgan fingerprint density at radius 1 is 1.11 bits per heavy atom. The highest BCUT2D eigenvalue weighted by Crippen LogP contribution is 2.56. The fourth-order valence-corrected chi connectivity index (χ4v) is 5.46. The molecule has 0 radical (unpaired) electrons. The number of ether oxygens (including phenoxy) is 1. The number of nitrogens with zero attached hydrogens (tertiary/aromatic N) is 3. The average molecular weight is 547 g/mol. The summed E-state index contributed by atoms with van der Waals surface area (Å²) < 4.78 is 6.12. The van der Waals surface area contributed by atoms with Gasteiger partial charge in [-0.25, -0.2) is 9.98 Å². The number of benzene rings is 3. The fourth-order valence-electron chi connectivity index (χ4n) is 4.78. The summed E-state index contributed by atoms with van der Waals surface area (Å²) in [5, 5.41) is 0. The Kier molecular flexibility index (Phi) is 7.89. The highest BCUT2D eigenvalue weighted by molar-refractivity contribution is 9.10. The molecule has 1 heterocycles. The molecule has 1 spiro atoms. The second kappa shape index (κ2) is 11.1. The van der Waals surface area contributed by atoms with Crippen molar-refractivity contribution in [3.8, 4) is 5.75 Å². The third kappa shape index (κ3) is 4.67. The number of rotatable bonds is 5. The zero-order valence-corrected chi connectivity index (χ0v) is 22.5. The van der Waals surface area contributed by atoms with Crippen LogP contribution in [-0.4, -0.2) is 25.2 Å². The lowest BCUT2D eigenvalue weighted by Gasteiger charge is -2.37. The van der Waals surface area contributed by atoms with Crippen LogP contribution >= 0.6 is 15.9 Å². The van der Waals surface area contributed by atoms with E-state index in [9.17, 15) is 4.79 Å². The second-order valence-corrected chi connectivity index (χ2v) is 9.43. The van der Waals surface area contributed by atoms with Gasteiger partial charge in [0.05, 0.1) is 36.8 Å². The van der Waals surface area contributed by atoms with Crippen molar-refractivity contribution in [3.63, 3.8) is 0 Å². The van der Waals surface area contributed by atoms with Crippen LogP contribution in [0.25, 0.3) is 0 Å². The molecule has 2 aliphatic rings. The number of amidine groups is 1. The van der Waals surface area contributed by atoms with Gasteiger partial charge in [0, 0.05) is 10.0 Å². The van der Waals surface area contributed by atoms with E-state index in [4.69, 9.17) is 15.5 Å². The van der Waals surface area contributed by atoms with Crippen molar-refractivity contribution >= 4 is 45.4 Å². The second-order valence-electron chi connectivity index (χ2n) is 8.58. The van der Waals surface area contributed by atoms with Gasteiger partial charge in [-0.2, -0.15) is 0 Å². The molecule has 5 rings (SSSR count). The molecule has 1 amide bonds. The molecule has 0 unspecified atom stereocenters. The van der Waals surface area contributed by atoms with Gasteiger partial charge in [-0.05, 0) is 76.3 Å². The molecule has 0 aromatic heterocycles. The number of carbonyl (C=O) groups is 1. The van der Waals surface area contributed by atoms with Crippen LogP contribution in [0.5, 0.6) is 5.75 Å². The quantitative estimate of drug-likeness (QED) is 0.292. The molecule has 0 bridgehead atoms. The third-order valence-corrected chi connectivity index (χ3v) is 7.26. The van der Waals surface area contributed by atoms with E-state index < -0.39 is 5.41 Å². The molecule has 1 aliphatic heterocycles. The van der Waals surface area contributed by atoms with Crippen LogP contribution in [0.2, 0.25) is 0 Å². The summed E-state index contributed by atoms with van der Waals surface area (Å²) in [6, 6.07) is 21.5. The Morgan fingerprint density at radius 3 is 2.39 bits per heavy atom. The predicted octanol–water partition coefficient (Wildman–Crippen LogP) is 6.52. The first-order valence-electron chi connectivity index (χ1n) is 12.2. The summed E-state index contributed by atoms with van der Waals surface area (Å²) in [6.07, 6.45) is 3.98. The number of para-hydroxylation sites is 1. The normalized spacial score (nSPS) is 15.9. The summed E-state index contributed by atoms with van der Waals surface area (Å²) in [5.41, 5.74) is 9.80. The molecule has 3 aromatic rings. The lowest BCUT2D eigenvalue weighted by atomic mass is 9.65. The molecule has 1 aliphatic carbocycles. The molecule has 3 aromatic carbocycles. The SMILES string of the molecule is CC.COc1ccc(CN2C(=O)C3(CCC3)c3cc(C(N=CN)=Nc4ccccc4)cc(Br)c32)cc1. The van der Waals surface area contributed by atoms with Gasteiger partial charge < -0.3 is 15.4 Å². The van der Waals surface area contributed by atoms with Gasteiger partial charge in [-0.1, -0.05) is 50.6 Å². The minimum atomic E-state index is -0.482. The number of fused-ring (bicyclic) bond motifs is 2. The first-order chi connectivity index (χ1) is 17.6. The third-order valence-electron chi connectivity index (χ3n) is 6.66. The topological polar surface area (TPSA) is 80.3 Å². The minimum Gasteiger partial charge on any atom is -0.497 e. The number of aliphatic imine (C=N–C) groups is 2. The van der Waals surface area contributed by atoms with E-state index in [1.165, 1.54) is 6.34 Å². The Labute approximate surface area is 221 Å². The molecule has 2 N–H and O–H groups in total. The van der Waals surface area contributed by atoms with Gasteiger partial charge in [0.15, 0.2) is 5.84 Å². The van der Waals surface area contributed by atoms with Crippen molar-refractivity contribution < 1.29 is 9.53 Å². The maximum atomic E-state index is 13.7. The Morgan fingerprint density at radius 2 is 1.81 bits per heavy atom. The van der Waals surface area contributed by atoms with Gasteiger partial charge >= 0.3 is 0 Å². The number of amides is 1. The number of hydrogen-bond donors (Lipinski definition) is 1. The van der Waals surface area contributed by atoms with Crippen molar-refractivity contribution in [2.75, 3.05) is 12.0 Å². The van der Waals surface area contributed by atoms with Crippen LogP contribution < -0.4 is 15.4 Å². The summed E-state index contributed by atoms with van der Waals surface area (Å²) in [6.45, 7) is 4.50. The molecular formula is C29H31BrN4O2. The van der Waals surface area contributed by atoms with Gasteiger partial charge in [0.2, 0.25) is 5.91 Å². The van der Waals surface area contributed by atoms with Crippen LogP contribution in [0, 0.1) is 0 Å². The monoisotopic (exact) mass is 546 g/mol. The van der Waals surface area contributed by atoms with E-state index in [1.54, 1.807) is 7.11 Å².